The number of rotatable bonds is 7. The van der Waals surface area contributed by atoms with Crippen molar-refractivity contribution >= 4 is 27.6 Å². The molecule has 32 heavy (non-hydrogen) atoms. The van der Waals surface area contributed by atoms with Crippen LogP contribution in [-0.4, -0.2) is 68.5 Å². The SMILES string of the molecule is CC(C)C[C@H](NC(=O)c1ccc2c(c1)OCO2)C(=O)NC1CCCN(S(C)(=O)=O)CC1=O. The summed E-state index contributed by atoms with van der Waals surface area (Å²) in [6.45, 7) is 3.89. The van der Waals surface area contributed by atoms with E-state index in [0.717, 1.165) is 10.6 Å². The second-order valence-electron chi connectivity index (χ2n) is 8.49. The number of benzene rings is 1. The van der Waals surface area contributed by atoms with Gasteiger partial charge in [-0.05, 0) is 43.4 Å². The Hall–Kier alpha value is -2.66. The van der Waals surface area contributed by atoms with E-state index >= 15 is 0 Å². The van der Waals surface area contributed by atoms with Crippen LogP contribution in [-0.2, 0) is 19.6 Å². The lowest BCUT2D eigenvalue weighted by Gasteiger charge is -2.23. The number of amides is 2. The highest BCUT2D eigenvalue weighted by Gasteiger charge is 2.32. The number of Topliss-reactive ketones (excluding diaryl/α,β-unsaturated/α-hetero) is 1. The molecule has 1 unspecified atom stereocenters. The molecule has 11 heteroatoms. The van der Waals surface area contributed by atoms with Crippen LogP contribution in [0.2, 0.25) is 0 Å². The van der Waals surface area contributed by atoms with Crippen molar-refractivity contribution in [2.24, 2.45) is 5.92 Å². The third-order valence-electron chi connectivity index (χ3n) is 5.37. The first kappa shape index (κ1) is 24.0. The van der Waals surface area contributed by atoms with Crippen molar-refractivity contribution in [1.29, 1.82) is 0 Å². The Kier molecular flexibility index (Phi) is 7.40. The van der Waals surface area contributed by atoms with E-state index in [1.807, 2.05) is 13.8 Å². The first-order valence-corrected chi connectivity index (χ1v) is 12.4. The predicted molar refractivity (Wildman–Crippen MR) is 116 cm³/mol. The van der Waals surface area contributed by atoms with Gasteiger partial charge in [-0.25, -0.2) is 8.42 Å². The van der Waals surface area contributed by atoms with Crippen molar-refractivity contribution in [2.75, 3.05) is 26.1 Å². The number of ketones is 1. The maximum absolute atomic E-state index is 13.0. The summed E-state index contributed by atoms with van der Waals surface area (Å²) < 4.78 is 35.2. The Balaban J connectivity index is 1.68. The van der Waals surface area contributed by atoms with Crippen molar-refractivity contribution in [3.05, 3.63) is 23.8 Å². The molecule has 3 rings (SSSR count). The Morgan fingerprint density at radius 3 is 2.62 bits per heavy atom. The lowest BCUT2D eigenvalue weighted by molar-refractivity contribution is -0.129. The third-order valence-corrected chi connectivity index (χ3v) is 6.62. The van der Waals surface area contributed by atoms with Gasteiger partial charge in [-0.3, -0.25) is 14.4 Å². The summed E-state index contributed by atoms with van der Waals surface area (Å²) in [5, 5.41) is 5.46. The number of ether oxygens (including phenoxy) is 2. The zero-order chi connectivity index (χ0) is 23.5. The van der Waals surface area contributed by atoms with Crippen LogP contribution in [0.3, 0.4) is 0 Å². The molecule has 2 aliphatic rings. The van der Waals surface area contributed by atoms with Crippen LogP contribution in [0.4, 0.5) is 0 Å². The van der Waals surface area contributed by atoms with Crippen molar-refractivity contribution in [3.8, 4) is 11.5 Å². The molecule has 0 aliphatic carbocycles. The first-order chi connectivity index (χ1) is 15.0. The number of nitrogens with zero attached hydrogens (tertiary/aromatic N) is 1. The van der Waals surface area contributed by atoms with E-state index in [1.165, 1.54) is 0 Å². The van der Waals surface area contributed by atoms with Crippen molar-refractivity contribution in [3.63, 3.8) is 0 Å². The van der Waals surface area contributed by atoms with E-state index < -0.39 is 33.9 Å². The van der Waals surface area contributed by atoms with Crippen LogP contribution < -0.4 is 20.1 Å². The third kappa shape index (κ3) is 5.98. The zero-order valence-corrected chi connectivity index (χ0v) is 19.2. The molecule has 1 aromatic carbocycles. The molecule has 0 bridgehead atoms. The number of nitrogens with one attached hydrogen (secondary N) is 2. The molecule has 0 saturated carbocycles. The van der Waals surface area contributed by atoms with Gasteiger partial charge in [0.25, 0.3) is 5.91 Å². The van der Waals surface area contributed by atoms with Gasteiger partial charge in [0, 0.05) is 12.1 Å². The summed E-state index contributed by atoms with van der Waals surface area (Å²) in [4.78, 5) is 38.3. The average Bonchev–Trinajstić information content (AvgIpc) is 3.09. The van der Waals surface area contributed by atoms with Crippen LogP contribution in [0.1, 0.15) is 43.5 Å². The van der Waals surface area contributed by atoms with E-state index in [-0.39, 0.29) is 31.6 Å². The highest BCUT2D eigenvalue weighted by Crippen LogP contribution is 2.32. The molecule has 2 amide bonds. The van der Waals surface area contributed by atoms with Crippen LogP contribution in [0.25, 0.3) is 0 Å². The maximum atomic E-state index is 13.0. The first-order valence-electron chi connectivity index (χ1n) is 10.5. The highest BCUT2D eigenvalue weighted by molar-refractivity contribution is 7.88. The van der Waals surface area contributed by atoms with Gasteiger partial charge in [0.05, 0.1) is 18.8 Å². The molecule has 2 N–H and O–H groups in total. The molecule has 2 atom stereocenters. The van der Waals surface area contributed by atoms with Gasteiger partial charge in [0.2, 0.25) is 22.7 Å². The van der Waals surface area contributed by atoms with Gasteiger partial charge >= 0.3 is 0 Å². The Bertz CT molecular complexity index is 993. The smallest absolute Gasteiger partial charge is 0.252 e. The fourth-order valence-electron chi connectivity index (χ4n) is 3.69. The quantitative estimate of drug-likeness (QED) is 0.602. The normalized spacial score (nSPS) is 20.0. The summed E-state index contributed by atoms with van der Waals surface area (Å²) in [5.74, 6) is -0.173. The van der Waals surface area contributed by atoms with Crippen LogP contribution in [0.15, 0.2) is 18.2 Å². The summed E-state index contributed by atoms with van der Waals surface area (Å²) in [7, 11) is -3.49. The van der Waals surface area contributed by atoms with Gasteiger partial charge in [0.1, 0.15) is 6.04 Å². The summed E-state index contributed by atoms with van der Waals surface area (Å²) >= 11 is 0. The van der Waals surface area contributed by atoms with Gasteiger partial charge in [-0.2, -0.15) is 4.31 Å². The molecule has 0 radical (unpaired) electrons. The van der Waals surface area contributed by atoms with Gasteiger partial charge in [-0.15, -0.1) is 0 Å². The Morgan fingerprint density at radius 2 is 1.94 bits per heavy atom. The van der Waals surface area contributed by atoms with E-state index in [0.29, 0.717) is 36.3 Å². The number of hydrogen-bond donors (Lipinski definition) is 2. The lowest BCUT2D eigenvalue weighted by atomic mass is 10.0. The Morgan fingerprint density at radius 1 is 1.22 bits per heavy atom. The number of carbonyl (C=O) groups is 3. The monoisotopic (exact) mass is 467 g/mol. The molecule has 1 fully saturated rings. The van der Waals surface area contributed by atoms with Crippen molar-refractivity contribution in [2.45, 2.75) is 45.2 Å². The van der Waals surface area contributed by atoms with E-state index in [9.17, 15) is 22.8 Å². The van der Waals surface area contributed by atoms with E-state index in [2.05, 4.69) is 10.6 Å². The highest BCUT2D eigenvalue weighted by atomic mass is 32.2. The van der Waals surface area contributed by atoms with Crippen LogP contribution >= 0.6 is 0 Å². The van der Waals surface area contributed by atoms with Crippen molar-refractivity contribution in [1.82, 2.24) is 14.9 Å². The fraction of sp³-hybridized carbons (Fsp3) is 0.571. The lowest BCUT2D eigenvalue weighted by Crippen LogP contribution is -2.52. The van der Waals surface area contributed by atoms with E-state index in [1.54, 1.807) is 18.2 Å². The van der Waals surface area contributed by atoms with Gasteiger partial charge < -0.3 is 20.1 Å². The molecule has 0 spiro atoms. The fourth-order valence-corrected chi connectivity index (χ4v) is 4.51. The minimum Gasteiger partial charge on any atom is -0.454 e. The number of sulfonamides is 1. The zero-order valence-electron chi connectivity index (χ0n) is 18.4. The maximum Gasteiger partial charge on any atom is 0.252 e. The summed E-state index contributed by atoms with van der Waals surface area (Å²) in [6.07, 6.45) is 2.21. The molecule has 10 nitrogen and oxygen atoms in total. The topological polar surface area (TPSA) is 131 Å². The van der Waals surface area contributed by atoms with Crippen LogP contribution in [0, 0.1) is 5.92 Å². The minimum atomic E-state index is -3.49. The molecule has 176 valence electrons. The van der Waals surface area contributed by atoms with Crippen molar-refractivity contribution < 1.29 is 32.3 Å². The predicted octanol–water partition coefficient (Wildman–Crippen LogP) is 0.669. The average molecular weight is 468 g/mol. The number of fused-ring (bicyclic) bond motifs is 1. The molecular formula is C21H29N3O7S. The Labute approximate surface area is 187 Å². The number of carbonyl (C=O) groups excluding carboxylic acids is 3. The summed E-state index contributed by atoms with van der Waals surface area (Å²) in [6, 6.07) is 3.12. The molecule has 1 saturated heterocycles. The largest absolute Gasteiger partial charge is 0.454 e. The van der Waals surface area contributed by atoms with Gasteiger partial charge in [0.15, 0.2) is 17.3 Å². The summed E-state index contributed by atoms with van der Waals surface area (Å²) in [5.41, 5.74) is 0.324. The molecular weight excluding hydrogens is 438 g/mol. The molecule has 2 heterocycles. The van der Waals surface area contributed by atoms with Crippen LogP contribution in [0.5, 0.6) is 11.5 Å². The minimum absolute atomic E-state index is 0.0883. The molecule has 1 aromatic rings. The molecule has 0 aromatic heterocycles. The second-order valence-corrected chi connectivity index (χ2v) is 10.5. The van der Waals surface area contributed by atoms with E-state index in [4.69, 9.17) is 9.47 Å². The second kappa shape index (κ2) is 9.86. The number of hydrogen-bond acceptors (Lipinski definition) is 7. The standard InChI is InChI=1S/C21H29N3O7S/c1-13(2)9-16(23-20(26)14-6-7-18-19(10-14)31-12-30-18)21(27)22-15-5-4-8-24(11-17(15)25)32(3,28)29/h6-7,10,13,15-16H,4-5,8-9,11-12H2,1-3H3,(H,22,27)(H,23,26)/t15?,16-/m0/s1. The van der Waals surface area contributed by atoms with Gasteiger partial charge in [-0.1, -0.05) is 13.8 Å². The molecule has 2 aliphatic heterocycles.